The lowest BCUT2D eigenvalue weighted by Crippen LogP contribution is -2.23. The third-order valence-corrected chi connectivity index (χ3v) is 2.74. The minimum Gasteiger partial charge on any atom is -0.349 e. The zero-order chi connectivity index (χ0) is 9.68. The Bertz CT molecular complexity index is 211. The molecule has 0 aromatic heterocycles. The van der Waals surface area contributed by atoms with Gasteiger partial charge in [-0.25, -0.2) is 0 Å². The summed E-state index contributed by atoms with van der Waals surface area (Å²) in [5, 5.41) is 9.31. The molecule has 1 fully saturated rings. The van der Waals surface area contributed by atoms with Crippen molar-refractivity contribution >= 4 is 23.1 Å². The summed E-state index contributed by atoms with van der Waals surface area (Å²) in [6.07, 6.45) is 1.87. The Morgan fingerprint density at radius 2 is 2.38 bits per heavy atom. The average molecular weight is 199 g/mol. The van der Waals surface area contributed by atoms with Gasteiger partial charge >= 0.3 is 0 Å². The van der Waals surface area contributed by atoms with Crippen LogP contribution in [0.2, 0.25) is 0 Å². The summed E-state index contributed by atoms with van der Waals surface area (Å²) in [6, 6.07) is 0. The first-order chi connectivity index (χ1) is 6.24. The SMILES string of the molecule is CCN1CCS/C1=N\N=C\C(C)C. The van der Waals surface area contributed by atoms with Crippen molar-refractivity contribution < 1.29 is 0 Å². The van der Waals surface area contributed by atoms with Gasteiger partial charge in [0.15, 0.2) is 5.17 Å². The highest BCUT2D eigenvalue weighted by molar-refractivity contribution is 8.14. The van der Waals surface area contributed by atoms with Crippen LogP contribution >= 0.6 is 11.8 Å². The molecule has 0 aromatic rings. The molecule has 0 unspecified atom stereocenters. The topological polar surface area (TPSA) is 28.0 Å². The largest absolute Gasteiger partial charge is 0.349 e. The number of hydrogen-bond donors (Lipinski definition) is 0. The molecule has 4 heteroatoms. The average Bonchev–Trinajstić information content (AvgIpc) is 2.51. The summed E-state index contributed by atoms with van der Waals surface area (Å²) in [7, 11) is 0. The van der Waals surface area contributed by atoms with Gasteiger partial charge in [-0.1, -0.05) is 25.6 Å². The molecule has 1 aliphatic heterocycles. The quantitative estimate of drug-likeness (QED) is 0.514. The summed E-state index contributed by atoms with van der Waals surface area (Å²) >= 11 is 1.79. The molecule has 3 nitrogen and oxygen atoms in total. The van der Waals surface area contributed by atoms with Gasteiger partial charge in [0.05, 0.1) is 0 Å². The van der Waals surface area contributed by atoms with Crippen molar-refractivity contribution in [1.29, 1.82) is 0 Å². The third kappa shape index (κ3) is 3.38. The molecule has 0 N–H and O–H groups in total. The Kier molecular flexibility index (Phi) is 4.28. The van der Waals surface area contributed by atoms with Gasteiger partial charge in [0.1, 0.15) is 0 Å². The molecule has 13 heavy (non-hydrogen) atoms. The minimum atomic E-state index is 0.478. The van der Waals surface area contributed by atoms with Crippen LogP contribution in [-0.2, 0) is 0 Å². The van der Waals surface area contributed by atoms with Gasteiger partial charge < -0.3 is 4.90 Å². The monoisotopic (exact) mass is 199 g/mol. The van der Waals surface area contributed by atoms with Crippen LogP contribution in [0, 0.1) is 5.92 Å². The summed E-state index contributed by atoms with van der Waals surface area (Å²) in [5.41, 5.74) is 0. The Labute approximate surface area is 84.3 Å². The zero-order valence-corrected chi connectivity index (χ0v) is 9.34. The first-order valence-electron chi connectivity index (χ1n) is 4.73. The van der Waals surface area contributed by atoms with Crippen molar-refractivity contribution in [3.63, 3.8) is 0 Å². The molecule has 0 aliphatic carbocycles. The number of nitrogens with zero attached hydrogens (tertiary/aromatic N) is 3. The molecule has 0 spiro atoms. The van der Waals surface area contributed by atoms with Crippen LogP contribution in [0.15, 0.2) is 10.2 Å². The molecular weight excluding hydrogens is 182 g/mol. The zero-order valence-electron chi connectivity index (χ0n) is 8.53. The highest BCUT2D eigenvalue weighted by atomic mass is 32.2. The molecule has 0 aromatic carbocycles. The fourth-order valence-electron chi connectivity index (χ4n) is 1.04. The molecule has 0 saturated carbocycles. The van der Waals surface area contributed by atoms with Gasteiger partial charge in [0.25, 0.3) is 0 Å². The standard InChI is InChI=1S/C9H17N3S/c1-4-12-5-6-13-9(12)11-10-7-8(2)3/h7-8H,4-6H2,1-3H3/b10-7+,11-9-. The third-order valence-electron chi connectivity index (χ3n) is 1.75. The van der Waals surface area contributed by atoms with E-state index in [9.17, 15) is 0 Å². The minimum absolute atomic E-state index is 0.478. The Morgan fingerprint density at radius 3 is 3.00 bits per heavy atom. The van der Waals surface area contributed by atoms with Crippen LogP contribution in [0.25, 0.3) is 0 Å². The van der Waals surface area contributed by atoms with E-state index in [1.165, 1.54) is 0 Å². The lowest BCUT2D eigenvalue weighted by molar-refractivity contribution is 0.487. The second kappa shape index (κ2) is 5.27. The second-order valence-electron chi connectivity index (χ2n) is 3.32. The van der Waals surface area contributed by atoms with Crippen LogP contribution < -0.4 is 0 Å². The normalized spacial score (nSPS) is 21.2. The van der Waals surface area contributed by atoms with Crippen molar-refractivity contribution in [1.82, 2.24) is 4.90 Å². The van der Waals surface area contributed by atoms with E-state index in [0.717, 1.165) is 24.0 Å². The van der Waals surface area contributed by atoms with E-state index < -0.39 is 0 Å². The predicted octanol–water partition coefficient (Wildman–Crippen LogP) is 2.05. The van der Waals surface area contributed by atoms with Gasteiger partial charge in [-0.05, 0) is 12.8 Å². The molecule has 0 radical (unpaired) electrons. The van der Waals surface area contributed by atoms with Crippen molar-refractivity contribution in [2.75, 3.05) is 18.8 Å². The van der Waals surface area contributed by atoms with Gasteiger partial charge in [-0.2, -0.15) is 5.10 Å². The molecule has 0 atom stereocenters. The van der Waals surface area contributed by atoms with E-state index in [0.29, 0.717) is 5.92 Å². The maximum absolute atomic E-state index is 4.19. The maximum atomic E-state index is 4.19. The number of rotatable bonds is 3. The molecule has 1 aliphatic rings. The van der Waals surface area contributed by atoms with E-state index in [-0.39, 0.29) is 0 Å². The van der Waals surface area contributed by atoms with Crippen LogP contribution in [0.5, 0.6) is 0 Å². The van der Waals surface area contributed by atoms with E-state index >= 15 is 0 Å². The lowest BCUT2D eigenvalue weighted by Gasteiger charge is -2.12. The first-order valence-corrected chi connectivity index (χ1v) is 5.71. The van der Waals surface area contributed by atoms with E-state index in [4.69, 9.17) is 0 Å². The van der Waals surface area contributed by atoms with E-state index in [2.05, 4.69) is 35.9 Å². The van der Waals surface area contributed by atoms with E-state index in [1.807, 2.05) is 6.21 Å². The molecule has 1 heterocycles. The Morgan fingerprint density at radius 1 is 1.62 bits per heavy atom. The predicted molar refractivity (Wildman–Crippen MR) is 60.5 cm³/mol. The lowest BCUT2D eigenvalue weighted by atomic mass is 10.3. The summed E-state index contributed by atoms with van der Waals surface area (Å²) in [5.74, 6) is 1.62. The summed E-state index contributed by atoms with van der Waals surface area (Å²) < 4.78 is 0. The van der Waals surface area contributed by atoms with Crippen LogP contribution in [0.1, 0.15) is 20.8 Å². The van der Waals surface area contributed by atoms with Gasteiger partial charge in [-0.15, -0.1) is 5.10 Å². The fraction of sp³-hybridized carbons (Fsp3) is 0.778. The molecule has 1 rings (SSSR count). The van der Waals surface area contributed by atoms with Crippen molar-refractivity contribution in [3.8, 4) is 0 Å². The first kappa shape index (κ1) is 10.6. The Balaban J connectivity index is 2.49. The van der Waals surface area contributed by atoms with Crippen LogP contribution in [0.3, 0.4) is 0 Å². The Hall–Kier alpha value is -0.510. The molecule has 0 amide bonds. The van der Waals surface area contributed by atoms with Gasteiger partial charge in [0.2, 0.25) is 0 Å². The fourth-order valence-corrected chi connectivity index (χ4v) is 2.04. The summed E-state index contributed by atoms with van der Waals surface area (Å²) in [4.78, 5) is 2.25. The van der Waals surface area contributed by atoms with Gasteiger partial charge in [-0.3, -0.25) is 0 Å². The van der Waals surface area contributed by atoms with Crippen molar-refractivity contribution in [2.24, 2.45) is 16.1 Å². The second-order valence-corrected chi connectivity index (χ2v) is 4.38. The number of amidine groups is 1. The highest BCUT2D eigenvalue weighted by Crippen LogP contribution is 2.17. The molecule has 1 saturated heterocycles. The highest BCUT2D eigenvalue weighted by Gasteiger charge is 2.16. The number of thioether (sulfide) groups is 1. The van der Waals surface area contributed by atoms with Crippen molar-refractivity contribution in [3.05, 3.63) is 0 Å². The smallest absolute Gasteiger partial charge is 0.185 e. The van der Waals surface area contributed by atoms with Crippen molar-refractivity contribution in [2.45, 2.75) is 20.8 Å². The van der Waals surface area contributed by atoms with E-state index in [1.54, 1.807) is 11.8 Å². The number of hydrogen-bond acceptors (Lipinski definition) is 3. The maximum Gasteiger partial charge on any atom is 0.185 e. The van der Waals surface area contributed by atoms with Crippen LogP contribution in [-0.4, -0.2) is 35.1 Å². The molecule has 0 bridgehead atoms. The summed E-state index contributed by atoms with van der Waals surface area (Å²) in [6.45, 7) is 8.49. The molecule has 74 valence electrons. The van der Waals surface area contributed by atoms with Gasteiger partial charge in [0, 0.05) is 25.1 Å². The van der Waals surface area contributed by atoms with Crippen LogP contribution in [0.4, 0.5) is 0 Å². The molecular formula is C9H17N3S.